The Bertz CT molecular complexity index is 140. The number of amides is 1. The van der Waals surface area contributed by atoms with Crippen LogP contribution >= 0.6 is 0 Å². The zero-order chi connectivity index (χ0) is 8.15. The number of aliphatic carboxylic acids is 1. The average Bonchev–Trinajstić information content (AvgIpc) is 1.87. The molecule has 9 heavy (non-hydrogen) atoms. The molecule has 5 heteroatoms. The third-order valence-electron chi connectivity index (χ3n) is 0.629. The number of carboxylic acid groups (broad SMARTS) is 1. The Morgan fingerprint density at radius 2 is 2.67 bits per heavy atom. The summed E-state index contributed by atoms with van der Waals surface area (Å²) in [4.78, 5) is 19.7. The van der Waals surface area contributed by atoms with Crippen molar-refractivity contribution in [2.24, 2.45) is 5.73 Å². The molecule has 0 spiro atoms. The Kier molecular flexibility index (Phi) is 2.58. The molecule has 0 heterocycles. The zero-order valence-electron chi connectivity index (χ0n) is 5.57. The summed E-state index contributed by atoms with van der Waals surface area (Å²) in [6.07, 6.45) is 0.237. The predicted molar refractivity (Wildman–Crippen MR) is 29.7 cm³/mol. The molecule has 4 N–H and O–H groups in total. The summed E-state index contributed by atoms with van der Waals surface area (Å²) in [5, 5.41) is 10.1. The van der Waals surface area contributed by atoms with Crippen LogP contribution in [0.5, 0.6) is 0 Å². The van der Waals surface area contributed by atoms with Gasteiger partial charge in [-0.25, -0.2) is 0 Å². The van der Waals surface area contributed by atoms with Gasteiger partial charge in [-0.05, 0) is 0 Å². The summed E-state index contributed by atoms with van der Waals surface area (Å²) >= 11 is 0. The van der Waals surface area contributed by atoms with Gasteiger partial charge in [0.25, 0.3) is 0 Å². The van der Waals surface area contributed by atoms with Gasteiger partial charge in [-0.3, -0.25) is 9.59 Å². The van der Waals surface area contributed by atoms with E-state index in [4.69, 9.17) is 12.2 Å². The smallest absolute Gasteiger partial charge is 0.322 e. The van der Waals surface area contributed by atoms with E-state index in [0.717, 1.165) is 0 Å². The minimum absolute atomic E-state index is 0.237. The first-order chi connectivity index (χ1) is 4.59. The van der Waals surface area contributed by atoms with Gasteiger partial charge in [0.1, 0.15) is 6.04 Å². The van der Waals surface area contributed by atoms with Crippen LogP contribution < -0.4 is 11.1 Å². The first-order valence-corrected chi connectivity index (χ1v) is 2.20. The summed E-state index contributed by atoms with van der Waals surface area (Å²) in [5.41, 5.74) is 4.94. The van der Waals surface area contributed by atoms with E-state index >= 15 is 0 Å². The maximum atomic E-state index is 10.0. The van der Waals surface area contributed by atoms with Crippen LogP contribution in [0.15, 0.2) is 0 Å². The molecule has 0 saturated carbocycles. The van der Waals surface area contributed by atoms with Crippen molar-refractivity contribution in [2.75, 3.05) is 6.52 Å². The van der Waals surface area contributed by atoms with Crippen molar-refractivity contribution in [3.05, 3.63) is 0 Å². The lowest BCUT2D eigenvalue weighted by Gasteiger charge is -2.02. The van der Waals surface area contributed by atoms with Crippen molar-refractivity contribution in [1.82, 2.24) is 5.32 Å². The van der Waals surface area contributed by atoms with E-state index < -0.39 is 18.5 Å². The molecule has 0 rings (SSSR count). The average molecular weight is 136 g/mol. The van der Waals surface area contributed by atoms with Crippen molar-refractivity contribution in [1.29, 1.82) is 0 Å². The van der Waals surface area contributed by atoms with Crippen LogP contribution in [0.4, 0.5) is 0 Å². The molecule has 1 unspecified atom stereocenters. The third-order valence-corrected chi connectivity index (χ3v) is 0.629. The molecular weight excluding hydrogens is 127 g/mol. The van der Waals surface area contributed by atoms with Gasteiger partial charge in [0, 0.05) is 6.52 Å². The van der Waals surface area contributed by atoms with Gasteiger partial charge in [0.05, 0.1) is 1.37 Å². The standard InChI is InChI=1S/C4H8N2O3/c5-3(4(8)9)1-6-2-7/h2-3H,1,5H2,(H,6,7)(H,8,9)/t3-/m0/s1/i1+1D,5+1,6+1/t1?,3-. The van der Waals surface area contributed by atoms with Crippen LogP contribution in [0.25, 0.3) is 0 Å². The monoisotopic (exact) mass is 136 g/mol. The summed E-state index contributed by atoms with van der Waals surface area (Å²) in [6, 6.07) is -1.37. The highest BCUT2D eigenvalue weighted by molar-refractivity contribution is 5.73. The highest BCUT2D eigenvalue weighted by atomic mass is 16.4. The second kappa shape index (κ2) is 3.85. The Hall–Kier alpha value is -1.10. The quantitative estimate of drug-likeness (QED) is 0.240. The summed E-state index contributed by atoms with van der Waals surface area (Å²) < 4.78 is 6.86. The van der Waals surface area contributed by atoms with E-state index in [1.807, 2.05) is 5.32 Å². The number of nitrogens with one attached hydrogen (secondary N) is 1. The summed E-state index contributed by atoms with van der Waals surface area (Å²) in [7, 11) is 0. The second-order valence-electron chi connectivity index (χ2n) is 1.32. The van der Waals surface area contributed by atoms with E-state index in [0.29, 0.717) is 0 Å². The molecule has 5 nitrogen and oxygen atoms in total. The number of carbonyl (C=O) groups is 2. The van der Waals surface area contributed by atoms with Gasteiger partial charge in [0.2, 0.25) is 6.41 Å². The molecule has 0 radical (unpaired) electrons. The Labute approximate surface area is 53.2 Å². The number of nitrogens with two attached hydrogens (primary N) is 1. The largest absolute Gasteiger partial charge is 0.480 e. The van der Waals surface area contributed by atoms with Crippen LogP contribution in [0, 0.1) is 0 Å². The van der Waals surface area contributed by atoms with E-state index in [2.05, 4.69) is 0 Å². The minimum atomic E-state index is -1.37. The maximum Gasteiger partial charge on any atom is 0.322 e. The summed E-state index contributed by atoms with van der Waals surface area (Å²) in [6.45, 7) is -1.28. The lowest BCUT2D eigenvalue weighted by Crippen LogP contribution is -2.39. The van der Waals surface area contributed by atoms with Gasteiger partial charge in [-0.1, -0.05) is 0 Å². The summed E-state index contributed by atoms with van der Waals surface area (Å²) in [5.74, 6) is -1.31. The topological polar surface area (TPSA) is 92.4 Å². The Morgan fingerprint density at radius 3 is 3.00 bits per heavy atom. The third kappa shape index (κ3) is 3.48. The van der Waals surface area contributed by atoms with Gasteiger partial charge in [-0.2, -0.15) is 0 Å². The molecule has 0 aromatic carbocycles. The van der Waals surface area contributed by atoms with Gasteiger partial charge in [0.15, 0.2) is 0 Å². The van der Waals surface area contributed by atoms with Crippen molar-refractivity contribution in [2.45, 2.75) is 6.04 Å². The number of hydrogen-bond donors (Lipinski definition) is 3. The lowest BCUT2D eigenvalue weighted by atomic mass is 10.5. The molecule has 1 amide bonds. The van der Waals surface area contributed by atoms with Crippen LogP contribution in [-0.2, 0) is 9.59 Å². The molecule has 0 aliphatic heterocycles. The molecule has 0 aromatic rings. The fourth-order valence-electron chi connectivity index (χ4n) is 0.214. The molecule has 0 bridgehead atoms. The number of rotatable bonds is 4. The molecule has 0 fully saturated rings. The van der Waals surface area contributed by atoms with E-state index in [-0.39, 0.29) is 6.41 Å². The van der Waals surface area contributed by atoms with Crippen LogP contribution in [-0.4, -0.2) is 30.0 Å². The number of carbonyl (C=O) groups excluding carboxylic acids is 1. The molecule has 0 aliphatic carbocycles. The first kappa shape index (κ1) is 6.03. The predicted octanol–water partition coefficient (Wildman–Crippen LogP) is -1.86. The fraction of sp³-hybridized carbons (Fsp3) is 0.500. The van der Waals surface area contributed by atoms with Crippen molar-refractivity contribution < 1.29 is 16.1 Å². The highest BCUT2D eigenvalue weighted by Gasteiger charge is 2.08. The van der Waals surface area contributed by atoms with Gasteiger partial charge in [-0.15, -0.1) is 0 Å². The van der Waals surface area contributed by atoms with Gasteiger partial charge < -0.3 is 16.2 Å². The van der Waals surface area contributed by atoms with Crippen molar-refractivity contribution in [3.8, 4) is 0 Å². The molecule has 0 saturated heterocycles. The Balaban J connectivity index is 3.80. The lowest BCUT2D eigenvalue weighted by molar-refractivity contribution is -0.138. The van der Waals surface area contributed by atoms with Gasteiger partial charge >= 0.3 is 5.97 Å². The first-order valence-electron chi connectivity index (χ1n) is 2.77. The number of hydrogen-bond acceptors (Lipinski definition) is 3. The molecule has 2 atom stereocenters. The van der Waals surface area contributed by atoms with E-state index in [1.165, 1.54) is 0 Å². The maximum absolute atomic E-state index is 10.0. The minimum Gasteiger partial charge on any atom is -0.480 e. The highest BCUT2D eigenvalue weighted by Crippen LogP contribution is 1.71. The van der Waals surface area contributed by atoms with Crippen molar-refractivity contribution in [3.63, 3.8) is 0 Å². The second-order valence-corrected chi connectivity index (χ2v) is 1.32. The van der Waals surface area contributed by atoms with E-state index in [1.54, 1.807) is 0 Å². The van der Waals surface area contributed by atoms with Crippen LogP contribution in [0.3, 0.4) is 0 Å². The SMILES string of the molecule is [2H][13CH]([15NH]C=O)[C@H]([15NH2])C(=O)O. The van der Waals surface area contributed by atoms with Crippen LogP contribution in [0.2, 0.25) is 0 Å². The van der Waals surface area contributed by atoms with E-state index in [9.17, 15) is 9.59 Å². The number of carboxylic acids is 1. The van der Waals surface area contributed by atoms with Crippen molar-refractivity contribution >= 4 is 12.4 Å². The van der Waals surface area contributed by atoms with Crippen LogP contribution in [0.1, 0.15) is 1.37 Å². The molecule has 0 aromatic heterocycles. The molecule has 0 aliphatic rings. The zero-order valence-corrected chi connectivity index (χ0v) is 4.57. The molecule has 52 valence electrons. The fourth-order valence-corrected chi connectivity index (χ4v) is 0.214. The Morgan fingerprint density at radius 1 is 2.11 bits per heavy atom. The molecular formula is C4H8N2O3. The normalized spacial score (nSPS) is 17.2.